The summed E-state index contributed by atoms with van der Waals surface area (Å²) in [5.74, 6) is 0.909. The fourth-order valence-electron chi connectivity index (χ4n) is 2.47. The summed E-state index contributed by atoms with van der Waals surface area (Å²) < 4.78 is 5.71. The van der Waals surface area contributed by atoms with Crippen molar-refractivity contribution in [2.75, 3.05) is 6.61 Å². The summed E-state index contributed by atoms with van der Waals surface area (Å²) in [4.78, 5) is 0. The van der Waals surface area contributed by atoms with E-state index in [4.69, 9.17) is 4.74 Å². The molecule has 2 N–H and O–H groups in total. The smallest absolute Gasteiger partial charge is 0.119 e. The maximum absolute atomic E-state index is 9.88. The molecule has 1 rings (SSSR count). The number of hydrogen-bond donors (Lipinski definition) is 2. The highest BCUT2D eigenvalue weighted by molar-refractivity contribution is 5.27. The van der Waals surface area contributed by atoms with Crippen LogP contribution in [-0.4, -0.2) is 29.0 Å². The molecule has 0 aromatic heterocycles. The summed E-state index contributed by atoms with van der Waals surface area (Å²) in [6.07, 6.45) is 6.54. The van der Waals surface area contributed by atoms with Crippen LogP contribution < -0.4 is 4.74 Å². The van der Waals surface area contributed by atoms with Crippen molar-refractivity contribution in [1.29, 1.82) is 0 Å². The fourth-order valence-corrected chi connectivity index (χ4v) is 2.47. The summed E-state index contributed by atoms with van der Waals surface area (Å²) >= 11 is 0. The highest BCUT2D eigenvalue weighted by atomic mass is 16.5. The first-order chi connectivity index (χ1) is 10.7. The number of aliphatic hydroxyl groups is 2. The summed E-state index contributed by atoms with van der Waals surface area (Å²) in [5.41, 5.74) is 1.17. The molecule has 2 unspecified atom stereocenters. The second kappa shape index (κ2) is 11.5. The molecule has 0 saturated carbocycles. The van der Waals surface area contributed by atoms with E-state index in [1.165, 1.54) is 24.8 Å². The molecule has 3 nitrogen and oxygen atoms in total. The van der Waals surface area contributed by atoms with Crippen molar-refractivity contribution in [1.82, 2.24) is 0 Å². The van der Waals surface area contributed by atoms with E-state index in [0.29, 0.717) is 12.8 Å². The Morgan fingerprint density at radius 2 is 1.55 bits per heavy atom. The lowest BCUT2D eigenvalue weighted by Gasteiger charge is -2.17. The number of unbranched alkanes of at least 4 members (excludes halogenated alkanes) is 3. The zero-order valence-corrected chi connectivity index (χ0v) is 14.1. The Balaban J connectivity index is 2.26. The predicted octanol–water partition coefficient (Wildman–Crippen LogP) is 4.10. The van der Waals surface area contributed by atoms with Crippen molar-refractivity contribution >= 4 is 0 Å². The van der Waals surface area contributed by atoms with E-state index in [9.17, 15) is 10.2 Å². The maximum Gasteiger partial charge on any atom is 0.119 e. The van der Waals surface area contributed by atoms with Crippen LogP contribution in [0.2, 0.25) is 0 Å². The zero-order valence-electron chi connectivity index (χ0n) is 14.1. The Labute approximate surface area is 135 Å². The van der Waals surface area contributed by atoms with E-state index in [1.54, 1.807) is 0 Å². The van der Waals surface area contributed by atoms with Crippen LogP contribution in [0.25, 0.3) is 0 Å². The van der Waals surface area contributed by atoms with Gasteiger partial charge in [-0.1, -0.05) is 51.7 Å². The highest BCUT2D eigenvalue weighted by Gasteiger charge is 2.14. The molecule has 0 heterocycles. The predicted molar refractivity (Wildman–Crippen MR) is 91.3 cm³/mol. The lowest BCUT2D eigenvalue weighted by molar-refractivity contribution is 0.00980. The third-order valence-corrected chi connectivity index (χ3v) is 3.95. The van der Waals surface area contributed by atoms with Crippen LogP contribution in [-0.2, 0) is 6.42 Å². The van der Waals surface area contributed by atoms with Crippen LogP contribution >= 0.6 is 0 Å². The van der Waals surface area contributed by atoms with Gasteiger partial charge < -0.3 is 14.9 Å². The second-order valence-electron chi connectivity index (χ2n) is 6.02. The standard InChI is InChI=1S/C19H32O3/c1-3-5-6-7-15-22-17-12-9-16(10-13-17)11-14-19(21)18(20)8-4-2/h9-10,12-13,18-21H,3-8,11,14-15H2,1-2H3. The minimum atomic E-state index is -0.630. The van der Waals surface area contributed by atoms with Crippen LogP contribution in [0.1, 0.15) is 64.4 Å². The van der Waals surface area contributed by atoms with Crippen molar-refractivity contribution in [3.05, 3.63) is 29.8 Å². The lowest BCUT2D eigenvalue weighted by Crippen LogP contribution is -2.26. The molecular formula is C19H32O3. The molecule has 3 heteroatoms. The van der Waals surface area contributed by atoms with Gasteiger partial charge in [0.1, 0.15) is 5.75 Å². The minimum Gasteiger partial charge on any atom is -0.494 e. The van der Waals surface area contributed by atoms with Gasteiger partial charge >= 0.3 is 0 Å². The number of hydrogen-bond acceptors (Lipinski definition) is 3. The molecular weight excluding hydrogens is 276 g/mol. The number of benzene rings is 1. The summed E-state index contributed by atoms with van der Waals surface area (Å²) in [6.45, 7) is 5.00. The van der Waals surface area contributed by atoms with E-state index in [0.717, 1.165) is 31.6 Å². The number of aliphatic hydroxyl groups excluding tert-OH is 2. The van der Waals surface area contributed by atoms with E-state index >= 15 is 0 Å². The van der Waals surface area contributed by atoms with Crippen molar-refractivity contribution in [3.8, 4) is 5.75 Å². The molecule has 0 aliphatic heterocycles. The topological polar surface area (TPSA) is 49.7 Å². The SMILES string of the molecule is CCCCCCOc1ccc(CCC(O)C(O)CCC)cc1. The van der Waals surface area contributed by atoms with Gasteiger partial charge in [-0.05, 0) is 43.4 Å². The summed E-state index contributed by atoms with van der Waals surface area (Å²) in [6, 6.07) is 8.06. The first-order valence-electron chi connectivity index (χ1n) is 8.75. The third-order valence-electron chi connectivity index (χ3n) is 3.95. The average Bonchev–Trinajstić information content (AvgIpc) is 2.53. The fraction of sp³-hybridized carbons (Fsp3) is 0.684. The Morgan fingerprint density at radius 3 is 2.18 bits per heavy atom. The Bertz CT molecular complexity index is 375. The molecule has 0 fully saturated rings. The first kappa shape index (κ1) is 19.0. The molecule has 0 aliphatic carbocycles. The summed E-state index contributed by atoms with van der Waals surface area (Å²) in [5, 5.41) is 19.6. The quantitative estimate of drug-likeness (QED) is 0.572. The van der Waals surface area contributed by atoms with Crippen molar-refractivity contribution in [2.45, 2.75) is 77.4 Å². The zero-order chi connectivity index (χ0) is 16.2. The Morgan fingerprint density at radius 1 is 0.864 bits per heavy atom. The van der Waals surface area contributed by atoms with E-state index in [1.807, 2.05) is 31.2 Å². The number of rotatable bonds is 12. The lowest BCUT2D eigenvalue weighted by atomic mass is 10.0. The van der Waals surface area contributed by atoms with Gasteiger partial charge in [-0.15, -0.1) is 0 Å². The summed E-state index contributed by atoms with van der Waals surface area (Å²) in [7, 11) is 0. The molecule has 2 atom stereocenters. The van der Waals surface area contributed by atoms with Gasteiger partial charge in [-0.3, -0.25) is 0 Å². The number of ether oxygens (including phenoxy) is 1. The molecule has 0 bridgehead atoms. The van der Waals surface area contributed by atoms with Gasteiger partial charge in [0.15, 0.2) is 0 Å². The monoisotopic (exact) mass is 308 g/mol. The Hall–Kier alpha value is -1.06. The van der Waals surface area contributed by atoms with Gasteiger partial charge in [0.25, 0.3) is 0 Å². The second-order valence-corrected chi connectivity index (χ2v) is 6.02. The van der Waals surface area contributed by atoms with Crippen LogP contribution in [0.15, 0.2) is 24.3 Å². The number of aryl methyl sites for hydroxylation is 1. The first-order valence-corrected chi connectivity index (χ1v) is 8.75. The van der Waals surface area contributed by atoms with E-state index in [2.05, 4.69) is 6.92 Å². The van der Waals surface area contributed by atoms with E-state index in [-0.39, 0.29) is 0 Å². The van der Waals surface area contributed by atoms with Gasteiger partial charge in [0.05, 0.1) is 18.8 Å². The molecule has 126 valence electrons. The molecule has 0 saturated heterocycles. The van der Waals surface area contributed by atoms with Crippen molar-refractivity contribution < 1.29 is 14.9 Å². The molecule has 0 amide bonds. The van der Waals surface area contributed by atoms with Gasteiger partial charge in [-0.25, -0.2) is 0 Å². The normalized spacial score (nSPS) is 13.8. The molecule has 1 aromatic rings. The molecule has 0 aliphatic rings. The average molecular weight is 308 g/mol. The van der Waals surface area contributed by atoms with Crippen molar-refractivity contribution in [2.24, 2.45) is 0 Å². The van der Waals surface area contributed by atoms with Gasteiger partial charge in [0.2, 0.25) is 0 Å². The molecule has 22 heavy (non-hydrogen) atoms. The van der Waals surface area contributed by atoms with Crippen LogP contribution in [0.3, 0.4) is 0 Å². The van der Waals surface area contributed by atoms with Crippen LogP contribution in [0, 0.1) is 0 Å². The van der Waals surface area contributed by atoms with Crippen LogP contribution in [0.5, 0.6) is 5.75 Å². The maximum atomic E-state index is 9.88. The minimum absolute atomic E-state index is 0.596. The van der Waals surface area contributed by atoms with Gasteiger partial charge in [0, 0.05) is 0 Å². The largest absolute Gasteiger partial charge is 0.494 e. The third kappa shape index (κ3) is 7.81. The van der Waals surface area contributed by atoms with Gasteiger partial charge in [-0.2, -0.15) is 0 Å². The van der Waals surface area contributed by atoms with E-state index < -0.39 is 12.2 Å². The van der Waals surface area contributed by atoms with Crippen molar-refractivity contribution in [3.63, 3.8) is 0 Å². The molecule has 1 aromatic carbocycles. The highest BCUT2D eigenvalue weighted by Crippen LogP contribution is 2.16. The Kier molecular flexibility index (Phi) is 9.93. The molecule has 0 spiro atoms. The molecule has 0 radical (unpaired) electrons. The van der Waals surface area contributed by atoms with Crippen LogP contribution in [0.4, 0.5) is 0 Å².